The number of fused-ring (bicyclic) bond motifs is 6. The van der Waals surface area contributed by atoms with Crippen molar-refractivity contribution < 1.29 is 23.8 Å². The predicted molar refractivity (Wildman–Crippen MR) is 135 cm³/mol. The number of carbonyl (C=O) groups excluding carboxylic acids is 2. The van der Waals surface area contributed by atoms with E-state index in [1.807, 2.05) is 31.2 Å². The second-order valence-electron chi connectivity index (χ2n) is 9.95. The van der Waals surface area contributed by atoms with Gasteiger partial charge in [-0.2, -0.15) is 5.26 Å². The van der Waals surface area contributed by atoms with Crippen LogP contribution in [0.1, 0.15) is 25.3 Å². The monoisotopic (exact) mass is 517 g/mol. The number of nitriles is 1. The Labute approximate surface area is 218 Å². The third-order valence-electron chi connectivity index (χ3n) is 8.11. The summed E-state index contributed by atoms with van der Waals surface area (Å²) < 4.78 is 18.2. The van der Waals surface area contributed by atoms with E-state index in [0.717, 1.165) is 0 Å². The number of methoxy groups -OCH3 is 1. The predicted octanol–water partition coefficient (Wildman–Crippen LogP) is 4.28. The molecule has 2 unspecified atom stereocenters. The zero-order valence-corrected chi connectivity index (χ0v) is 21.1. The smallest absolute Gasteiger partial charge is 0.240 e. The van der Waals surface area contributed by atoms with E-state index in [9.17, 15) is 14.9 Å². The summed E-state index contributed by atoms with van der Waals surface area (Å²) in [6, 6.07) is 16.2. The number of hydrogen-bond acceptors (Lipinski definition) is 7. The Balaban J connectivity index is 1.37. The Morgan fingerprint density at radius 2 is 1.89 bits per heavy atom. The van der Waals surface area contributed by atoms with Crippen molar-refractivity contribution in [3.63, 3.8) is 0 Å². The van der Waals surface area contributed by atoms with Gasteiger partial charge >= 0.3 is 0 Å². The van der Waals surface area contributed by atoms with Gasteiger partial charge in [0, 0.05) is 43.0 Å². The highest BCUT2D eigenvalue weighted by atomic mass is 35.5. The molecule has 2 amide bonds. The van der Waals surface area contributed by atoms with Crippen LogP contribution in [0, 0.1) is 23.2 Å². The average Bonchev–Trinajstić information content (AvgIpc) is 3.46. The number of imide groups is 1. The molecule has 37 heavy (non-hydrogen) atoms. The lowest BCUT2D eigenvalue weighted by atomic mass is 9.66. The van der Waals surface area contributed by atoms with Crippen molar-refractivity contribution in [1.29, 1.82) is 5.26 Å². The first-order valence-electron chi connectivity index (χ1n) is 12.1. The van der Waals surface area contributed by atoms with Gasteiger partial charge in [0.1, 0.15) is 5.60 Å². The van der Waals surface area contributed by atoms with Crippen LogP contribution in [0.15, 0.2) is 54.7 Å². The molecule has 2 bridgehead atoms. The molecule has 0 aliphatic carbocycles. The first-order valence-corrected chi connectivity index (χ1v) is 12.5. The third-order valence-corrected chi connectivity index (χ3v) is 8.33. The summed E-state index contributed by atoms with van der Waals surface area (Å²) in [7, 11) is 1.60. The van der Waals surface area contributed by atoms with Crippen molar-refractivity contribution in [3.05, 3.63) is 65.3 Å². The summed E-state index contributed by atoms with van der Waals surface area (Å²) in [6.07, 6.45) is 2.01. The number of benzene rings is 2. The number of halogens is 1. The molecule has 6 rings (SSSR count). The Morgan fingerprint density at radius 3 is 2.59 bits per heavy atom. The van der Waals surface area contributed by atoms with Crippen LogP contribution < -0.4 is 9.64 Å². The van der Waals surface area contributed by atoms with Crippen molar-refractivity contribution in [1.82, 2.24) is 4.98 Å². The highest BCUT2D eigenvalue weighted by Crippen LogP contribution is 2.63. The number of aromatic nitrogens is 1. The summed E-state index contributed by atoms with van der Waals surface area (Å²) in [5.74, 6) is -1.56. The lowest BCUT2D eigenvalue weighted by molar-refractivity contribution is -0.135. The minimum absolute atomic E-state index is 0.242. The largest absolute Gasteiger partial charge is 0.478 e. The SMILES string of the molecule is CO[C@H]1CC2(CCOc3ccc(Cl)cn3)OC1(C)[C@@H]1C(=O)N(c3ccc(C#N)c4ccccc34)C(=O)[C@@H]12. The maximum absolute atomic E-state index is 14.1. The molecule has 0 spiro atoms. The minimum atomic E-state index is -0.957. The number of pyridine rings is 1. The van der Waals surface area contributed by atoms with Crippen molar-refractivity contribution in [2.24, 2.45) is 11.8 Å². The van der Waals surface area contributed by atoms with E-state index >= 15 is 0 Å². The molecule has 3 saturated heterocycles. The zero-order chi connectivity index (χ0) is 25.9. The average molecular weight is 518 g/mol. The topological polar surface area (TPSA) is 102 Å². The van der Waals surface area contributed by atoms with E-state index in [1.54, 1.807) is 31.4 Å². The van der Waals surface area contributed by atoms with Crippen molar-refractivity contribution in [3.8, 4) is 11.9 Å². The zero-order valence-electron chi connectivity index (χ0n) is 20.3. The van der Waals surface area contributed by atoms with Crippen LogP contribution >= 0.6 is 11.6 Å². The maximum atomic E-state index is 14.1. The van der Waals surface area contributed by atoms with Gasteiger partial charge in [0.25, 0.3) is 0 Å². The van der Waals surface area contributed by atoms with Gasteiger partial charge in [0.05, 0.1) is 52.5 Å². The molecular weight excluding hydrogens is 494 g/mol. The normalized spacial score (nSPS) is 30.1. The van der Waals surface area contributed by atoms with Gasteiger partial charge < -0.3 is 14.2 Å². The minimum Gasteiger partial charge on any atom is -0.478 e. The quantitative estimate of drug-likeness (QED) is 0.450. The molecule has 3 fully saturated rings. The first kappa shape index (κ1) is 23.9. The van der Waals surface area contributed by atoms with Gasteiger partial charge in [0.15, 0.2) is 0 Å². The summed E-state index contributed by atoms with van der Waals surface area (Å²) in [5.41, 5.74) is -0.913. The fourth-order valence-corrected chi connectivity index (χ4v) is 6.62. The van der Waals surface area contributed by atoms with E-state index in [2.05, 4.69) is 11.1 Å². The van der Waals surface area contributed by atoms with E-state index < -0.39 is 23.0 Å². The molecular formula is C28H24ClN3O5. The van der Waals surface area contributed by atoms with Gasteiger partial charge in [-0.15, -0.1) is 0 Å². The maximum Gasteiger partial charge on any atom is 0.240 e. The highest BCUT2D eigenvalue weighted by Gasteiger charge is 2.77. The Kier molecular flexibility index (Phi) is 5.50. The van der Waals surface area contributed by atoms with Crippen molar-refractivity contribution >= 4 is 39.9 Å². The Hall–Kier alpha value is -3.51. The molecule has 0 saturated carbocycles. The second kappa shape index (κ2) is 8.52. The summed E-state index contributed by atoms with van der Waals surface area (Å²) in [4.78, 5) is 33.5. The molecule has 0 N–H and O–H groups in total. The molecule has 3 aliphatic rings. The second-order valence-corrected chi connectivity index (χ2v) is 10.4. The van der Waals surface area contributed by atoms with Crippen LogP contribution in [-0.2, 0) is 19.1 Å². The number of carbonyl (C=O) groups is 2. The van der Waals surface area contributed by atoms with E-state index in [-0.39, 0.29) is 24.5 Å². The van der Waals surface area contributed by atoms with Gasteiger partial charge in [-0.3, -0.25) is 9.59 Å². The lowest BCUT2D eigenvalue weighted by Gasteiger charge is -2.35. The Bertz CT molecular complexity index is 1470. The molecule has 3 aromatic rings. The first-order chi connectivity index (χ1) is 17.8. The van der Waals surface area contributed by atoms with E-state index in [1.165, 1.54) is 11.1 Å². The van der Waals surface area contributed by atoms with Gasteiger partial charge in [0.2, 0.25) is 17.7 Å². The van der Waals surface area contributed by atoms with Gasteiger partial charge in [-0.25, -0.2) is 9.88 Å². The molecule has 8 nitrogen and oxygen atoms in total. The molecule has 5 atom stereocenters. The highest BCUT2D eigenvalue weighted by molar-refractivity contribution is 6.30. The summed E-state index contributed by atoms with van der Waals surface area (Å²) in [6.45, 7) is 2.10. The van der Waals surface area contributed by atoms with Gasteiger partial charge in [-0.1, -0.05) is 35.9 Å². The van der Waals surface area contributed by atoms with Crippen LogP contribution in [0.4, 0.5) is 5.69 Å². The lowest BCUT2D eigenvalue weighted by Crippen LogP contribution is -2.50. The van der Waals surface area contributed by atoms with Crippen molar-refractivity contribution in [2.45, 2.75) is 37.1 Å². The molecule has 2 aromatic carbocycles. The summed E-state index contributed by atoms with van der Waals surface area (Å²) in [5, 5.41) is 11.4. The molecule has 9 heteroatoms. The van der Waals surface area contributed by atoms with Crippen LogP contribution in [0.3, 0.4) is 0 Å². The number of nitrogens with zero attached hydrogens (tertiary/aromatic N) is 3. The standard InChI is InChI=1S/C28H24ClN3O5/c1-27-21(35-2)13-28(37-27,11-12-36-22-10-8-17(29)15-31-22)24-23(27)25(33)32(26(24)34)20-9-7-16(14-30)18-5-3-4-6-19(18)20/h3-10,15,21,23-24H,11-13H2,1-2H3/t21-,23-,24+,27?,28?/m0/s1. The third kappa shape index (κ3) is 3.38. The number of rotatable bonds is 6. The fraction of sp³-hybridized carbons (Fsp3) is 0.357. The molecule has 3 aliphatic heterocycles. The molecule has 0 radical (unpaired) electrons. The number of ether oxygens (including phenoxy) is 3. The van der Waals surface area contributed by atoms with Crippen LogP contribution in [0.2, 0.25) is 5.02 Å². The number of amides is 2. The van der Waals surface area contributed by atoms with E-state index in [4.69, 9.17) is 25.8 Å². The van der Waals surface area contributed by atoms with Crippen molar-refractivity contribution in [2.75, 3.05) is 18.6 Å². The Morgan fingerprint density at radius 1 is 1.14 bits per heavy atom. The van der Waals surface area contributed by atoms with E-state index in [0.29, 0.717) is 45.8 Å². The molecule has 4 heterocycles. The molecule has 188 valence electrons. The van der Waals surface area contributed by atoms with Crippen LogP contribution in [0.25, 0.3) is 10.8 Å². The number of hydrogen-bond donors (Lipinski definition) is 0. The van der Waals surface area contributed by atoms with Crippen LogP contribution in [-0.4, -0.2) is 47.8 Å². The number of anilines is 1. The molecule has 1 aromatic heterocycles. The van der Waals surface area contributed by atoms with Gasteiger partial charge in [-0.05, 0) is 25.1 Å². The summed E-state index contributed by atoms with van der Waals surface area (Å²) >= 11 is 5.91. The van der Waals surface area contributed by atoms with Crippen LogP contribution in [0.5, 0.6) is 5.88 Å². The fourth-order valence-electron chi connectivity index (χ4n) is 6.51.